The Morgan fingerprint density at radius 2 is 1.92 bits per heavy atom. The van der Waals surface area contributed by atoms with Crippen LogP contribution in [0.4, 0.5) is 21.9 Å². The van der Waals surface area contributed by atoms with Crippen molar-refractivity contribution in [3.8, 4) is 5.75 Å². The highest BCUT2D eigenvalue weighted by molar-refractivity contribution is 8.00. The molecule has 0 saturated carbocycles. The van der Waals surface area contributed by atoms with Crippen molar-refractivity contribution in [3.63, 3.8) is 0 Å². The van der Waals surface area contributed by atoms with Crippen molar-refractivity contribution in [1.82, 2.24) is 4.90 Å². The first-order valence-corrected chi connectivity index (χ1v) is 13.8. The Hall–Kier alpha value is -3.93. The van der Waals surface area contributed by atoms with Gasteiger partial charge >= 0.3 is 6.16 Å². The SMILES string of the molecule is COC(=O)O[C@@H]1CCCN1C(=O)c1cccc(Nc2c(NC(c3ccc(C)o3)[C@@H]3CCCS3)c(=O)c2=O)c1O. The lowest BCUT2D eigenvalue weighted by Crippen LogP contribution is -2.39. The van der Waals surface area contributed by atoms with Crippen LogP contribution in [-0.4, -0.2) is 53.0 Å². The van der Waals surface area contributed by atoms with Crippen LogP contribution >= 0.6 is 11.8 Å². The van der Waals surface area contributed by atoms with Crippen LogP contribution in [0.1, 0.15) is 53.6 Å². The Morgan fingerprint density at radius 1 is 1.13 bits per heavy atom. The lowest BCUT2D eigenvalue weighted by molar-refractivity contribution is -0.0146. The summed E-state index contributed by atoms with van der Waals surface area (Å²) in [6.45, 7) is 2.17. The van der Waals surface area contributed by atoms with Gasteiger partial charge in [-0.2, -0.15) is 11.8 Å². The zero-order valence-corrected chi connectivity index (χ0v) is 22.3. The molecule has 0 spiro atoms. The highest BCUT2D eigenvalue weighted by Gasteiger charge is 2.35. The number of thioether (sulfide) groups is 1. The minimum atomic E-state index is -0.904. The van der Waals surface area contributed by atoms with E-state index >= 15 is 0 Å². The van der Waals surface area contributed by atoms with Crippen molar-refractivity contribution in [3.05, 3.63) is 67.9 Å². The smallest absolute Gasteiger partial charge is 0.505 e. The van der Waals surface area contributed by atoms with Gasteiger partial charge in [0.25, 0.3) is 16.8 Å². The number of rotatable bonds is 8. The molecular formula is C27H29N3O8S. The normalized spacial score (nSPS) is 19.7. The molecule has 2 saturated heterocycles. The summed E-state index contributed by atoms with van der Waals surface area (Å²) in [6.07, 6.45) is 1.30. The third-order valence-corrected chi connectivity index (χ3v) is 8.46. The van der Waals surface area contributed by atoms with Crippen LogP contribution in [0, 0.1) is 6.92 Å². The predicted molar refractivity (Wildman–Crippen MR) is 146 cm³/mol. The van der Waals surface area contributed by atoms with Gasteiger partial charge in [0.2, 0.25) is 0 Å². The first-order chi connectivity index (χ1) is 18.8. The summed E-state index contributed by atoms with van der Waals surface area (Å²) in [5.74, 6) is 1.48. The van der Waals surface area contributed by atoms with E-state index in [4.69, 9.17) is 9.15 Å². The number of hydrogen-bond donors (Lipinski definition) is 3. The van der Waals surface area contributed by atoms with Crippen molar-refractivity contribution in [2.24, 2.45) is 0 Å². The molecule has 11 nitrogen and oxygen atoms in total. The van der Waals surface area contributed by atoms with Crippen molar-refractivity contribution in [1.29, 1.82) is 0 Å². The summed E-state index contributed by atoms with van der Waals surface area (Å²) in [7, 11) is 1.18. The van der Waals surface area contributed by atoms with Crippen LogP contribution in [-0.2, 0) is 9.47 Å². The van der Waals surface area contributed by atoms with E-state index in [1.165, 1.54) is 24.1 Å². The fourth-order valence-corrected chi connectivity index (χ4v) is 6.36. The van der Waals surface area contributed by atoms with Crippen LogP contribution in [0.2, 0.25) is 0 Å². The number of carbonyl (C=O) groups excluding carboxylic acids is 2. The average molecular weight is 556 g/mol. The number of carbonyl (C=O) groups is 2. The number of para-hydroxylation sites is 1. The predicted octanol–water partition coefficient (Wildman–Crippen LogP) is 4.03. The van der Waals surface area contributed by atoms with Crippen molar-refractivity contribution >= 4 is 40.9 Å². The molecule has 5 rings (SSSR count). The summed E-state index contributed by atoms with van der Waals surface area (Å²) < 4.78 is 15.6. The zero-order valence-electron chi connectivity index (χ0n) is 21.5. The molecule has 39 heavy (non-hydrogen) atoms. The van der Waals surface area contributed by atoms with Gasteiger partial charge in [-0.25, -0.2) is 4.79 Å². The number of furan rings is 1. The topological polar surface area (TPSA) is 147 Å². The molecule has 2 aliphatic heterocycles. The molecule has 0 aliphatic carbocycles. The number of phenols is 1. The van der Waals surface area contributed by atoms with Crippen LogP contribution in [0.25, 0.3) is 0 Å². The van der Waals surface area contributed by atoms with E-state index in [1.807, 2.05) is 19.1 Å². The number of aromatic hydroxyl groups is 1. The molecule has 2 fully saturated rings. The van der Waals surface area contributed by atoms with Gasteiger partial charge in [-0.1, -0.05) is 6.07 Å². The molecule has 3 atom stereocenters. The lowest BCUT2D eigenvalue weighted by Gasteiger charge is -2.26. The minimum absolute atomic E-state index is 0.00393. The zero-order chi connectivity index (χ0) is 27.7. The van der Waals surface area contributed by atoms with Crippen LogP contribution in [0.15, 0.2) is 44.3 Å². The largest absolute Gasteiger partial charge is 0.509 e. The number of likely N-dealkylation sites (tertiary alicyclic amines) is 1. The number of anilines is 3. The van der Waals surface area contributed by atoms with Crippen LogP contribution in [0.3, 0.4) is 0 Å². The summed E-state index contributed by atoms with van der Waals surface area (Å²) in [6, 6.07) is 7.87. The second kappa shape index (κ2) is 11.0. The fraction of sp³-hybridized carbons (Fsp3) is 0.407. The Bertz CT molecular complexity index is 1450. The maximum absolute atomic E-state index is 13.2. The van der Waals surface area contributed by atoms with Gasteiger partial charge in [0, 0.05) is 18.2 Å². The van der Waals surface area contributed by atoms with Crippen LogP contribution in [0.5, 0.6) is 5.75 Å². The number of aryl methyl sites for hydroxylation is 1. The van der Waals surface area contributed by atoms with Gasteiger partial charge in [-0.3, -0.25) is 14.4 Å². The monoisotopic (exact) mass is 555 g/mol. The number of benzene rings is 1. The standard InChI is InChI=1S/C27H29N3O8S/c1-14-10-11-17(37-14)20(18-8-5-13-39-18)29-22-21(24(32)25(22)33)28-16-7-3-6-15(23(16)31)26(34)30-12-4-9-19(30)38-27(35)36-2/h3,6-7,10-11,18-20,28-29,31H,4-5,8-9,12-13H2,1-2H3/t18-,19+,20?/m0/s1. The fourth-order valence-electron chi connectivity index (χ4n) is 4.99. The van der Waals surface area contributed by atoms with Gasteiger partial charge in [0.1, 0.15) is 22.9 Å². The van der Waals surface area contributed by atoms with Gasteiger partial charge in [0.15, 0.2) is 12.0 Å². The third kappa shape index (κ3) is 5.20. The molecule has 1 amide bonds. The van der Waals surface area contributed by atoms with E-state index in [0.29, 0.717) is 25.1 Å². The van der Waals surface area contributed by atoms with Gasteiger partial charge < -0.3 is 34.5 Å². The molecule has 12 heteroatoms. The first kappa shape index (κ1) is 26.7. The molecule has 3 aromatic rings. The molecular weight excluding hydrogens is 526 g/mol. The molecule has 1 aromatic heterocycles. The molecule has 206 valence electrons. The summed E-state index contributed by atoms with van der Waals surface area (Å²) in [5.41, 5.74) is -1.24. The summed E-state index contributed by atoms with van der Waals surface area (Å²) in [5, 5.41) is 17.2. The maximum atomic E-state index is 13.2. The Kier molecular flexibility index (Phi) is 7.56. The maximum Gasteiger partial charge on any atom is 0.509 e. The second-order valence-corrected chi connectivity index (χ2v) is 10.9. The number of ether oxygens (including phenoxy) is 2. The van der Waals surface area contributed by atoms with E-state index < -0.39 is 34.9 Å². The van der Waals surface area contributed by atoms with Crippen LogP contribution < -0.4 is 21.5 Å². The molecule has 0 radical (unpaired) electrons. The summed E-state index contributed by atoms with van der Waals surface area (Å²) >= 11 is 1.78. The van der Waals surface area contributed by atoms with Crippen molar-refractivity contribution in [2.45, 2.75) is 50.1 Å². The molecule has 2 aliphatic rings. The second-order valence-electron chi connectivity index (χ2n) is 9.52. The number of amides is 1. The number of methoxy groups -OCH3 is 1. The quantitative estimate of drug-likeness (QED) is 0.210. The van der Waals surface area contributed by atoms with Gasteiger partial charge in [-0.05, 0) is 56.2 Å². The Balaban J connectivity index is 1.39. The Morgan fingerprint density at radius 3 is 2.62 bits per heavy atom. The van der Waals surface area contributed by atoms with E-state index in [2.05, 4.69) is 15.4 Å². The molecule has 2 aromatic carbocycles. The van der Waals surface area contributed by atoms with E-state index in [9.17, 15) is 24.3 Å². The van der Waals surface area contributed by atoms with Gasteiger partial charge in [0.05, 0.1) is 24.4 Å². The molecule has 3 heterocycles. The highest BCUT2D eigenvalue weighted by atomic mass is 32.2. The lowest BCUT2D eigenvalue weighted by atomic mass is 10.0. The number of nitrogens with zero attached hydrogens (tertiary/aromatic N) is 1. The number of phenolic OH excluding ortho intramolecular Hbond substituents is 1. The van der Waals surface area contributed by atoms with E-state index in [0.717, 1.165) is 24.4 Å². The molecule has 3 N–H and O–H groups in total. The highest BCUT2D eigenvalue weighted by Crippen LogP contribution is 2.40. The summed E-state index contributed by atoms with van der Waals surface area (Å²) in [4.78, 5) is 51.4. The average Bonchev–Trinajstić information content (AvgIpc) is 3.71. The Labute approximate surface area is 228 Å². The van der Waals surface area contributed by atoms with E-state index in [-0.39, 0.29) is 33.9 Å². The number of nitrogens with one attached hydrogen (secondary N) is 2. The first-order valence-electron chi connectivity index (χ1n) is 12.7. The van der Waals surface area contributed by atoms with E-state index in [1.54, 1.807) is 17.8 Å². The minimum Gasteiger partial charge on any atom is -0.505 e. The molecule has 0 bridgehead atoms. The van der Waals surface area contributed by atoms with Crippen molar-refractivity contribution in [2.75, 3.05) is 30.0 Å². The third-order valence-electron chi connectivity index (χ3n) is 7.00. The molecule has 1 unspecified atom stereocenters. The number of hydrogen-bond acceptors (Lipinski definition) is 11. The van der Waals surface area contributed by atoms with Crippen molar-refractivity contribution < 1.29 is 28.6 Å². The van der Waals surface area contributed by atoms with Gasteiger partial charge in [-0.15, -0.1) is 0 Å².